The van der Waals surface area contributed by atoms with E-state index in [0.717, 1.165) is 20.8 Å². The standard InChI is InChI=1S/C14H15IN2O2/c1-16-14(18)8-10-2-4-11(5-3-10)17-9-12-6-7-13(15)19-12/h2-7,17H,8-9H2,1H3,(H,16,18). The average Bonchev–Trinajstić information content (AvgIpc) is 2.83. The van der Waals surface area contributed by atoms with Gasteiger partial charge < -0.3 is 15.1 Å². The van der Waals surface area contributed by atoms with Crippen LogP contribution in [0.25, 0.3) is 0 Å². The second-order valence-corrected chi connectivity index (χ2v) is 5.17. The van der Waals surface area contributed by atoms with Crippen molar-refractivity contribution in [1.82, 2.24) is 5.32 Å². The van der Waals surface area contributed by atoms with Gasteiger partial charge in [-0.3, -0.25) is 4.79 Å². The molecular weight excluding hydrogens is 355 g/mol. The van der Waals surface area contributed by atoms with E-state index in [1.165, 1.54) is 0 Å². The second-order valence-electron chi connectivity index (χ2n) is 4.11. The largest absolute Gasteiger partial charge is 0.454 e. The van der Waals surface area contributed by atoms with Gasteiger partial charge in [-0.05, 0) is 52.4 Å². The molecular formula is C14H15IN2O2. The number of rotatable bonds is 5. The van der Waals surface area contributed by atoms with Gasteiger partial charge in [0.05, 0.1) is 13.0 Å². The molecule has 0 fully saturated rings. The van der Waals surface area contributed by atoms with E-state index < -0.39 is 0 Å². The summed E-state index contributed by atoms with van der Waals surface area (Å²) in [7, 11) is 1.64. The number of carbonyl (C=O) groups is 1. The fourth-order valence-corrected chi connectivity index (χ4v) is 2.11. The van der Waals surface area contributed by atoms with Crippen LogP contribution in [0.4, 0.5) is 5.69 Å². The van der Waals surface area contributed by atoms with Crippen LogP contribution in [0.3, 0.4) is 0 Å². The zero-order valence-electron chi connectivity index (χ0n) is 10.6. The fourth-order valence-electron chi connectivity index (χ4n) is 1.65. The minimum atomic E-state index is 0.0193. The molecule has 0 unspecified atom stereocenters. The summed E-state index contributed by atoms with van der Waals surface area (Å²) >= 11 is 2.14. The van der Waals surface area contributed by atoms with Gasteiger partial charge in [-0.1, -0.05) is 12.1 Å². The number of hydrogen-bond donors (Lipinski definition) is 2. The van der Waals surface area contributed by atoms with Crippen molar-refractivity contribution in [2.45, 2.75) is 13.0 Å². The number of furan rings is 1. The first-order valence-corrected chi connectivity index (χ1v) is 7.03. The molecule has 2 rings (SSSR count). The van der Waals surface area contributed by atoms with Gasteiger partial charge in [0.25, 0.3) is 0 Å². The fraction of sp³-hybridized carbons (Fsp3) is 0.214. The zero-order valence-corrected chi connectivity index (χ0v) is 12.7. The number of likely N-dealkylation sites (N-methyl/N-ethyl adjacent to an activating group) is 1. The Morgan fingerprint density at radius 3 is 2.53 bits per heavy atom. The van der Waals surface area contributed by atoms with Gasteiger partial charge in [0.15, 0.2) is 3.77 Å². The highest BCUT2D eigenvalue weighted by atomic mass is 127. The first-order chi connectivity index (χ1) is 9.17. The minimum Gasteiger partial charge on any atom is -0.454 e. The van der Waals surface area contributed by atoms with Crippen molar-refractivity contribution in [3.05, 3.63) is 51.5 Å². The highest BCUT2D eigenvalue weighted by Crippen LogP contribution is 2.14. The molecule has 0 bridgehead atoms. The first kappa shape index (κ1) is 13.9. The van der Waals surface area contributed by atoms with E-state index in [0.29, 0.717) is 13.0 Å². The van der Waals surface area contributed by atoms with E-state index in [4.69, 9.17) is 4.42 Å². The maximum atomic E-state index is 11.2. The van der Waals surface area contributed by atoms with Crippen LogP contribution in [0.1, 0.15) is 11.3 Å². The lowest BCUT2D eigenvalue weighted by molar-refractivity contribution is -0.119. The summed E-state index contributed by atoms with van der Waals surface area (Å²) in [4.78, 5) is 11.2. The van der Waals surface area contributed by atoms with Crippen LogP contribution in [-0.4, -0.2) is 13.0 Å². The molecule has 1 amide bonds. The molecule has 100 valence electrons. The third kappa shape index (κ3) is 4.27. The lowest BCUT2D eigenvalue weighted by atomic mass is 10.1. The summed E-state index contributed by atoms with van der Waals surface area (Å²) in [6, 6.07) is 11.7. The van der Waals surface area contributed by atoms with Gasteiger partial charge >= 0.3 is 0 Å². The zero-order chi connectivity index (χ0) is 13.7. The molecule has 0 saturated carbocycles. The molecule has 2 aromatic rings. The number of amides is 1. The van der Waals surface area contributed by atoms with Crippen LogP contribution in [0.5, 0.6) is 0 Å². The number of anilines is 1. The highest BCUT2D eigenvalue weighted by molar-refractivity contribution is 14.1. The van der Waals surface area contributed by atoms with Crippen LogP contribution in [0, 0.1) is 3.77 Å². The Labute approximate surface area is 125 Å². The normalized spacial score (nSPS) is 10.2. The van der Waals surface area contributed by atoms with Crippen molar-refractivity contribution < 1.29 is 9.21 Å². The van der Waals surface area contributed by atoms with Crippen LogP contribution in [-0.2, 0) is 17.8 Å². The van der Waals surface area contributed by atoms with Crippen molar-refractivity contribution in [1.29, 1.82) is 0 Å². The molecule has 0 aliphatic heterocycles. The molecule has 1 heterocycles. The molecule has 19 heavy (non-hydrogen) atoms. The van der Waals surface area contributed by atoms with Crippen LogP contribution in [0.15, 0.2) is 40.8 Å². The van der Waals surface area contributed by atoms with Crippen LogP contribution >= 0.6 is 22.6 Å². The smallest absolute Gasteiger partial charge is 0.224 e. The third-order valence-corrected chi connectivity index (χ3v) is 3.27. The SMILES string of the molecule is CNC(=O)Cc1ccc(NCc2ccc(I)o2)cc1. The molecule has 4 nitrogen and oxygen atoms in total. The molecule has 1 aromatic carbocycles. The Morgan fingerprint density at radius 2 is 1.95 bits per heavy atom. The Balaban J connectivity index is 1.89. The van der Waals surface area contributed by atoms with E-state index >= 15 is 0 Å². The van der Waals surface area contributed by atoms with Crippen LogP contribution < -0.4 is 10.6 Å². The van der Waals surface area contributed by atoms with Gasteiger partial charge in [0.1, 0.15) is 5.76 Å². The van der Waals surface area contributed by atoms with Crippen molar-refractivity contribution in [2.75, 3.05) is 12.4 Å². The number of benzene rings is 1. The average molecular weight is 370 g/mol. The van der Waals surface area contributed by atoms with Crippen molar-refractivity contribution in [2.24, 2.45) is 0 Å². The second kappa shape index (κ2) is 6.60. The van der Waals surface area contributed by atoms with Crippen molar-refractivity contribution in [3.63, 3.8) is 0 Å². The molecule has 1 aromatic heterocycles. The van der Waals surface area contributed by atoms with Gasteiger partial charge in [-0.2, -0.15) is 0 Å². The Morgan fingerprint density at radius 1 is 1.21 bits per heavy atom. The summed E-state index contributed by atoms with van der Waals surface area (Å²) in [5.74, 6) is 0.921. The quantitative estimate of drug-likeness (QED) is 0.796. The number of halogens is 1. The topological polar surface area (TPSA) is 54.3 Å². The van der Waals surface area contributed by atoms with Crippen LogP contribution in [0.2, 0.25) is 0 Å². The number of hydrogen-bond acceptors (Lipinski definition) is 3. The molecule has 0 spiro atoms. The Kier molecular flexibility index (Phi) is 4.84. The lowest BCUT2D eigenvalue weighted by Crippen LogP contribution is -2.19. The Bertz CT molecular complexity index is 549. The van der Waals surface area contributed by atoms with Crippen molar-refractivity contribution >= 4 is 34.2 Å². The first-order valence-electron chi connectivity index (χ1n) is 5.95. The molecule has 2 N–H and O–H groups in total. The maximum Gasteiger partial charge on any atom is 0.224 e. The van der Waals surface area contributed by atoms with Gasteiger partial charge in [-0.25, -0.2) is 0 Å². The monoisotopic (exact) mass is 370 g/mol. The molecule has 0 aliphatic carbocycles. The van der Waals surface area contributed by atoms with Crippen molar-refractivity contribution in [3.8, 4) is 0 Å². The predicted molar refractivity (Wildman–Crippen MR) is 83.0 cm³/mol. The van der Waals surface area contributed by atoms with E-state index in [1.54, 1.807) is 7.05 Å². The molecule has 0 radical (unpaired) electrons. The maximum absolute atomic E-state index is 11.2. The summed E-state index contributed by atoms with van der Waals surface area (Å²) in [6.45, 7) is 0.651. The Hall–Kier alpha value is -1.50. The molecule has 5 heteroatoms. The number of nitrogens with one attached hydrogen (secondary N) is 2. The van der Waals surface area contributed by atoms with E-state index in [2.05, 4.69) is 33.2 Å². The molecule has 0 atom stereocenters. The predicted octanol–water partition coefficient (Wildman–Crippen LogP) is 2.78. The number of carbonyl (C=O) groups excluding carboxylic acids is 1. The summed E-state index contributed by atoms with van der Waals surface area (Å²) in [6.07, 6.45) is 0.410. The highest BCUT2D eigenvalue weighted by Gasteiger charge is 2.02. The summed E-state index contributed by atoms with van der Waals surface area (Å²) in [5.41, 5.74) is 2.00. The van der Waals surface area contributed by atoms with Gasteiger partial charge in [0.2, 0.25) is 5.91 Å². The van der Waals surface area contributed by atoms with Gasteiger partial charge in [-0.15, -0.1) is 0 Å². The van der Waals surface area contributed by atoms with E-state index in [9.17, 15) is 4.79 Å². The minimum absolute atomic E-state index is 0.0193. The molecule has 0 saturated heterocycles. The summed E-state index contributed by atoms with van der Waals surface area (Å²) in [5, 5.41) is 5.88. The molecule has 0 aliphatic rings. The van der Waals surface area contributed by atoms with E-state index in [1.807, 2.05) is 36.4 Å². The van der Waals surface area contributed by atoms with Gasteiger partial charge in [0, 0.05) is 12.7 Å². The van der Waals surface area contributed by atoms with E-state index in [-0.39, 0.29) is 5.91 Å². The third-order valence-electron chi connectivity index (χ3n) is 2.69. The summed E-state index contributed by atoms with van der Waals surface area (Å²) < 4.78 is 6.35. The lowest BCUT2D eigenvalue weighted by Gasteiger charge is -2.06.